The molecule has 0 aromatic carbocycles. The summed E-state index contributed by atoms with van der Waals surface area (Å²) in [5.41, 5.74) is 0. The molecular weight excluding hydrogens is 184 g/mol. The Morgan fingerprint density at radius 1 is 1.29 bits per heavy atom. The molecule has 0 unspecified atom stereocenters. The molecule has 2 heterocycles. The summed E-state index contributed by atoms with van der Waals surface area (Å²) in [6, 6.07) is 0. The van der Waals surface area contributed by atoms with Crippen LogP contribution in [0.15, 0.2) is 36.7 Å². The number of hydrogen-bond acceptors (Lipinski definition) is 4. The van der Waals surface area contributed by atoms with Crippen molar-refractivity contribution in [2.45, 2.75) is 12.7 Å². The van der Waals surface area contributed by atoms with E-state index in [4.69, 9.17) is 18.9 Å². The summed E-state index contributed by atoms with van der Waals surface area (Å²) in [5.74, 6) is 1.28. The molecule has 2 rings (SSSR count). The van der Waals surface area contributed by atoms with Crippen molar-refractivity contribution in [2.24, 2.45) is 0 Å². The zero-order valence-electron chi connectivity index (χ0n) is 7.77. The third-order valence-electron chi connectivity index (χ3n) is 1.90. The van der Waals surface area contributed by atoms with Gasteiger partial charge >= 0.3 is 0 Å². The third kappa shape index (κ3) is 1.81. The molecule has 4 heteroatoms. The molecular formula is C10H12O4. The quantitative estimate of drug-likeness (QED) is 0.643. The molecule has 2 aliphatic rings. The Bertz CT molecular complexity index is 270. The lowest BCUT2D eigenvalue weighted by Crippen LogP contribution is -2.17. The highest BCUT2D eigenvalue weighted by atomic mass is 16.7. The largest absolute Gasteiger partial charge is 0.462 e. The minimum atomic E-state index is -0.435. The van der Waals surface area contributed by atoms with Crippen molar-refractivity contribution >= 4 is 0 Å². The molecule has 0 radical (unpaired) electrons. The predicted octanol–water partition coefficient (Wildman–Crippen LogP) is 1.66. The molecule has 2 aliphatic heterocycles. The Balaban J connectivity index is 2.13. The lowest BCUT2D eigenvalue weighted by molar-refractivity contribution is -0.0493. The van der Waals surface area contributed by atoms with Gasteiger partial charge < -0.3 is 18.9 Å². The summed E-state index contributed by atoms with van der Waals surface area (Å²) >= 11 is 0. The van der Waals surface area contributed by atoms with E-state index >= 15 is 0 Å². The maximum Gasteiger partial charge on any atom is 0.220 e. The predicted molar refractivity (Wildman–Crippen MR) is 48.8 cm³/mol. The van der Waals surface area contributed by atoms with Crippen LogP contribution in [0.25, 0.3) is 0 Å². The van der Waals surface area contributed by atoms with Gasteiger partial charge in [0.25, 0.3) is 0 Å². The van der Waals surface area contributed by atoms with E-state index in [9.17, 15) is 0 Å². The van der Waals surface area contributed by atoms with Crippen molar-refractivity contribution in [3.63, 3.8) is 0 Å². The van der Waals surface area contributed by atoms with Gasteiger partial charge in [0.2, 0.25) is 6.29 Å². The number of ether oxygens (including phenoxy) is 4. The highest BCUT2D eigenvalue weighted by molar-refractivity contribution is 5.12. The third-order valence-corrected chi connectivity index (χ3v) is 1.90. The van der Waals surface area contributed by atoms with Crippen molar-refractivity contribution in [2.75, 3.05) is 13.2 Å². The highest BCUT2D eigenvalue weighted by Crippen LogP contribution is 2.25. The van der Waals surface area contributed by atoms with Crippen LogP contribution in [0.1, 0.15) is 6.42 Å². The van der Waals surface area contributed by atoms with E-state index in [1.54, 1.807) is 6.08 Å². The van der Waals surface area contributed by atoms with Crippen molar-refractivity contribution < 1.29 is 18.9 Å². The smallest absolute Gasteiger partial charge is 0.220 e. The highest BCUT2D eigenvalue weighted by Gasteiger charge is 2.27. The summed E-state index contributed by atoms with van der Waals surface area (Å²) in [4.78, 5) is 0. The molecule has 0 aromatic rings. The first-order chi connectivity index (χ1) is 6.92. The van der Waals surface area contributed by atoms with Gasteiger partial charge in [-0.1, -0.05) is 6.08 Å². The van der Waals surface area contributed by atoms with E-state index < -0.39 is 6.29 Å². The van der Waals surface area contributed by atoms with Gasteiger partial charge in [0.1, 0.15) is 12.5 Å². The van der Waals surface area contributed by atoms with E-state index in [0.29, 0.717) is 31.2 Å². The summed E-state index contributed by atoms with van der Waals surface area (Å²) in [6.45, 7) is 4.81. The molecule has 0 amide bonds. The van der Waals surface area contributed by atoms with Crippen LogP contribution in [-0.4, -0.2) is 19.5 Å². The lowest BCUT2D eigenvalue weighted by Gasteiger charge is -2.19. The first-order valence-corrected chi connectivity index (χ1v) is 4.47. The Labute approximate surface area is 82.4 Å². The minimum Gasteiger partial charge on any atom is -0.462 e. The first kappa shape index (κ1) is 9.30. The van der Waals surface area contributed by atoms with E-state index in [0.717, 1.165) is 0 Å². The fourth-order valence-corrected chi connectivity index (χ4v) is 1.31. The van der Waals surface area contributed by atoms with E-state index in [1.165, 1.54) is 12.5 Å². The standard InChI is InChI=1S/C10H12O4/c1-2-3-8-9(12-5-4-11-8)10-13-6-7-14-10/h2,4-5,10H,1,3,6-7H2. The van der Waals surface area contributed by atoms with Gasteiger partial charge in [-0.2, -0.15) is 0 Å². The first-order valence-electron chi connectivity index (χ1n) is 4.47. The topological polar surface area (TPSA) is 36.9 Å². The summed E-state index contributed by atoms with van der Waals surface area (Å²) in [7, 11) is 0. The molecule has 0 bridgehead atoms. The molecule has 1 saturated heterocycles. The monoisotopic (exact) mass is 196 g/mol. The van der Waals surface area contributed by atoms with E-state index in [1.807, 2.05) is 0 Å². The van der Waals surface area contributed by atoms with Crippen molar-refractivity contribution in [1.29, 1.82) is 0 Å². The van der Waals surface area contributed by atoms with Crippen LogP contribution in [0.4, 0.5) is 0 Å². The van der Waals surface area contributed by atoms with E-state index in [2.05, 4.69) is 6.58 Å². The Morgan fingerprint density at radius 2 is 2.00 bits per heavy atom. The van der Waals surface area contributed by atoms with Crippen LogP contribution in [0.5, 0.6) is 0 Å². The molecule has 0 N–H and O–H groups in total. The zero-order chi connectivity index (χ0) is 9.80. The maximum atomic E-state index is 5.32. The van der Waals surface area contributed by atoms with Gasteiger partial charge in [-0.3, -0.25) is 0 Å². The Kier molecular flexibility index (Phi) is 2.86. The van der Waals surface area contributed by atoms with Crippen LogP contribution in [0, 0.1) is 0 Å². The molecule has 14 heavy (non-hydrogen) atoms. The van der Waals surface area contributed by atoms with Gasteiger partial charge in [-0.15, -0.1) is 6.58 Å². The van der Waals surface area contributed by atoms with Crippen LogP contribution in [-0.2, 0) is 18.9 Å². The molecule has 4 nitrogen and oxygen atoms in total. The zero-order valence-corrected chi connectivity index (χ0v) is 7.77. The fourth-order valence-electron chi connectivity index (χ4n) is 1.31. The Hall–Kier alpha value is -1.26. The average molecular weight is 196 g/mol. The van der Waals surface area contributed by atoms with Gasteiger partial charge in [-0.05, 0) is 0 Å². The second-order valence-electron chi connectivity index (χ2n) is 2.86. The fraction of sp³-hybridized carbons (Fsp3) is 0.400. The number of rotatable bonds is 3. The normalized spacial score (nSPS) is 22.0. The summed E-state index contributed by atoms with van der Waals surface area (Å²) < 4.78 is 21.2. The van der Waals surface area contributed by atoms with Gasteiger partial charge in [-0.25, -0.2) is 0 Å². The molecule has 76 valence electrons. The summed E-state index contributed by atoms with van der Waals surface area (Å²) in [6.07, 6.45) is 4.86. The SMILES string of the molecule is C=CCC1=C(C2OCCO2)OC=CO1. The molecule has 0 saturated carbocycles. The average Bonchev–Trinajstić information content (AvgIpc) is 2.72. The number of hydrogen-bond donors (Lipinski definition) is 0. The van der Waals surface area contributed by atoms with E-state index in [-0.39, 0.29) is 0 Å². The van der Waals surface area contributed by atoms with Crippen LogP contribution in [0.2, 0.25) is 0 Å². The molecule has 0 spiro atoms. The second-order valence-corrected chi connectivity index (χ2v) is 2.86. The van der Waals surface area contributed by atoms with Gasteiger partial charge in [0, 0.05) is 6.42 Å². The van der Waals surface area contributed by atoms with Crippen LogP contribution in [0.3, 0.4) is 0 Å². The summed E-state index contributed by atoms with van der Waals surface area (Å²) in [5, 5.41) is 0. The number of allylic oxidation sites excluding steroid dienone is 1. The van der Waals surface area contributed by atoms with Crippen molar-refractivity contribution in [3.8, 4) is 0 Å². The van der Waals surface area contributed by atoms with Crippen LogP contribution >= 0.6 is 0 Å². The minimum absolute atomic E-state index is 0.435. The lowest BCUT2D eigenvalue weighted by atomic mass is 10.3. The van der Waals surface area contributed by atoms with Crippen LogP contribution < -0.4 is 0 Å². The second kappa shape index (κ2) is 4.30. The maximum absolute atomic E-state index is 5.32. The van der Waals surface area contributed by atoms with Gasteiger partial charge in [0.05, 0.1) is 13.2 Å². The molecule has 0 atom stereocenters. The Morgan fingerprint density at radius 3 is 2.71 bits per heavy atom. The van der Waals surface area contributed by atoms with Gasteiger partial charge in [0.15, 0.2) is 11.5 Å². The van der Waals surface area contributed by atoms with Crippen molar-refractivity contribution in [3.05, 3.63) is 36.7 Å². The molecule has 0 aromatic heterocycles. The molecule has 0 aliphatic carbocycles. The molecule has 1 fully saturated rings. The van der Waals surface area contributed by atoms with Crippen molar-refractivity contribution in [1.82, 2.24) is 0 Å².